The summed E-state index contributed by atoms with van der Waals surface area (Å²) >= 11 is 0. The van der Waals surface area contributed by atoms with E-state index in [2.05, 4.69) is 10.0 Å². The summed E-state index contributed by atoms with van der Waals surface area (Å²) in [6.07, 6.45) is 0. The Balaban J connectivity index is 1.61. The first-order valence-electron chi connectivity index (χ1n) is 8.60. The van der Waals surface area contributed by atoms with Gasteiger partial charge in [0.05, 0.1) is 10.6 Å². The van der Waals surface area contributed by atoms with Gasteiger partial charge in [-0.05, 0) is 55.0 Å². The fraction of sp³-hybridized carbons (Fsp3) is 0.0952. The van der Waals surface area contributed by atoms with Crippen LogP contribution in [-0.2, 0) is 14.8 Å². The van der Waals surface area contributed by atoms with Crippen molar-refractivity contribution in [1.29, 1.82) is 0 Å². The normalized spacial score (nSPS) is 10.9. The third-order valence-electron chi connectivity index (χ3n) is 3.95. The van der Waals surface area contributed by atoms with Crippen molar-refractivity contribution in [3.05, 3.63) is 84.4 Å². The van der Waals surface area contributed by atoms with Gasteiger partial charge in [-0.15, -0.1) is 0 Å². The number of carbonyl (C=O) groups excluding carboxylic acids is 1. The lowest BCUT2D eigenvalue weighted by Gasteiger charge is -2.11. The number of benzene rings is 3. The summed E-state index contributed by atoms with van der Waals surface area (Å²) in [5.74, 6) is 0.263. The van der Waals surface area contributed by atoms with Crippen LogP contribution in [0.15, 0.2) is 83.8 Å². The predicted molar refractivity (Wildman–Crippen MR) is 109 cm³/mol. The van der Waals surface area contributed by atoms with E-state index >= 15 is 0 Å². The molecular formula is C21H20N2O4S. The molecule has 144 valence electrons. The van der Waals surface area contributed by atoms with Gasteiger partial charge in [0.1, 0.15) is 5.75 Å². The average Bonchev–Trinajstić information content (AvgIpc) is 2.69. The zero-order valence-electron chi connectivity index (χ0n) is 15.3. The Labute approximate surface area is 164 Å². The van der Waals surface area contributed by atoms with Gasteiger partial charge >= 0.3 is 0 Å². The number of rotatable bonds is 7. The van der Waals surface area contributed by atoms with Gasteiger partial charge in [0, 0.05) is 5.69 Å². The summed E-state index contributed by atoms with van der Waals surface area (Å²) in [7, 11) is -3.71. The third-order valence-corrected chi connectivity index (χ3v) is 5.33. The van der Waals surface area contributed by atoms with Crippen LogP contribution in [0.3, 0.4) is 0 Å². The number of ether oxygens (including phenoxy) is 1. The van der Waals surface area contributed by atoms with Gasteiger partial charge in [0.15, 0.2) is 6.61 Å². The van der Waals surface area contributed by atoms with E-state index in [0.717, 1.165) is 5.56 Å². The van der Waals surface area contributed by atoms with Gasteiger partial charge in [0.2, 0.25) is 0 Å². The zero-order chi connectivity index (χ0) is 20.0. The molecule has 0 aliphatic heterocycles. The fourth-order valence-electron chi connectivity index (χ4n) is 2.47. The van der Waals surface area contributed by atoms with Gasteiger partial charge in [-0.25, -0.2) is 8.42 Å². The van der Waals surface area contributed by atoms with Gasteiger partial charge in [-0.2, -0.15) is 0 Å². The molecule has 0 saturated heterocycles. The fourth-order valence-corrected chi connectivity index (χ4v) is 3.60. The minimum absolute atomic E-state index is 0.106. The minimum Gasteiger partial charge on any atom is -0.484 e. The van der Waals surface area contributed by atoms with Crippen LogP contribution in [0.1, 0.15) is 5.56 Å². The first-order valence-corrected chi connectivity index (χ1v) is 10.1. The number of hydrogen-bond donors (Lipinski definition) is 2. The van der Waals surface area contributed by atoms with E-state index in [1.807, 2.05) is 37.3 Å². The molecule has 3 rings (SSSR count). The molecule has 0 radical (unpaired) electrons. The monoisotopic (exact) mass is 396 g/mol. The highest BCUT2D eigenvalue weighted by Gasteiger charge is 2.15. The van der Waals surface area contributed by atoms with E-state index in [1.54, 1.807) is 24.3 Å². The molecule has 0 bridgehead atoms. The topological polar surface area (TPSA) is 84.5 Å². The lowest BCUT2D eigenvalue weighted by molar-refractivity contribution is -0.118. The number of aryl methyl sites for hydroxylation is 1. The predicted octanol–water partition coefficient (Wildman–Crippen LogP) is 3.81. The molecule has 3 aromatic rings. The van der Waals surface area contributed by atoms with Crippen molar-refractivity contribution in [3.8, 4) is 5.75 Å². The van der Waals surface area contributed by atoms with E-state index in [9.17, 15) is 13.2 Å². The molecule has 0 aromatic heterocycles. The molecular weight excluding hydrogens is 376 g/mol. The standard InChI is InChI=1S/C21H20N2O4S/c1-16-7-5-6-10-20(16)23-28(25,26)19-13-11-17(12-14-19)22-21(24)15-27-18-8-3-2-4-9-18/h2-14,23H,15H2,1H3,(H,22,24). The molecule has 3 aromatic carbocycles. The molecule has 6 nitrogen and oxygen atoms in total. The van der Waals surface area contributed by atoms with Crippen LogP contribution in [0.4, 0.5) is 11.4 Å². The Morgan fingerprint density at radius 1 is 0.893 bits per heavy atom. The maximum absolute atomic E-state index is 12.5. The van der Waals surface area contributed by atoms with Crippen LogP contribution in [0.2, 0.25) is 0 Å². The number of sulfonamides is 1. The van der Waals surface area contributed by atoms with Crippen LogP contribution in [0, 0.1) is 6.92 Å². The molecule has 2 N–H and O–H groups in total. The van der Waals surface area contributed by atoms with Crippen molar-refractivity contribution in [2.24, 2.45) is 0 Å². The Morgan fingerprint density at radius 3 is 2.21 bits per heavy atom. The van der Waals surface area contributed by atoms with Crippen LogP contribution in [0.5, 0.6) is 5.75 Å². The summed E-state index contributed by atoms with van der Waals surface area (Å²) in [5, 5.41) is 2.67. The maximum atomic E-state index is 12.5. The largest absolute Gasteiger partial charge is 0.484 e. The molecule has 0 aliphatic rings. The summed E-state index contributed by atoms with van der Waals surface area (Å²) in [5.41, 5.74) is 1.84. The van der Waals surface area contributed by atoms with Gasteiger partial charge < -0.3 is 10.1 Å². The van der Waals surface area contributed by atoms with Crippen LogP contribution >= 0.6 is 0 Å². The highest BCUT2D eigenvalue weighted by molar-refractivity contribution is 7.92. The number of anilines is 2. The lowest BCUT2D eigenvalue weighted by Crippen LogP contribution is -2.20. The quantitative estimate of drug-likeness (QED) is 0.636. The van der Waals surface area contributed by atoms with E-state index < -0.39 is 10.0 Å². The second-order valence-electron chi connectivity index (χ2n) is 6.09. The minimum atomic E-state index is -3.71. The molecule has 0 heterocycles. The van der Waals surface area contributed by atoms with E-state index in [-0.39, 0.29) is 17.4 Å². The molecule has 0 spiro atoms. The Hall–Kier alpha value is -3.32. The van der Waals surface area contributed by atoms with Crippen molar-refractivity contribution in [1.82, 2.24) is 0 Å². The Kier molecular flexibility index (Phi) is 5.96. The zero-order valence-corrected chi connectivity index (χ0v) is 16.1. The SMILES string of the molecule is Cc1ccccc1NS(=O)(=O)c1ccc(NC(=O)COc2ccccc2)cc1. The van der Waals surface area contributed by atoms with Crippen molar-refractivity contribution in [3.63, 3.8) is 0 Å². The number of carbonyl (C=O) groups is 1. The second-order valence-corrected chi connectivity index (χ2v) is 7.78. The lowest BCUT2D eigenvalue weighted by atomic mass is 10.2. The molecule has 28 heavy (non-hydrogen) atoms. The van der Waals surface area contributed by atoms with Crippen LogP contribution in [-0.4, -0.2) is 20.9 Å². The summed E-state index contributed by atoms with van der Waals surface area (Å²) in [6, 6.07) is 22.1. The molecule has 0 saturated carbocycles. The van der Waals surface area contributed by atoms with Crippen molar-refractivity contribution in [2.45, 2.75) is 11.8 Å². The van der Waals surface area contributed by atoms with Crippen LogP contribution < -0.4 is 14.8 Å². The summed E-state index contributed by atoms with van der Waals surface area (Å²) < 4.78 is 33.0. The molecule has 7 heteroatoms. The van der Waals surface area contributed by atoms with Crippen molar-refractivity contribution < 1.29 is 17.9 Å². The third kappa shape index (κ3) is 5.11. The van der Waals surface area contributed by atoms with Gasteiger partial charge in [0.25, 0.3) is 15.9 Å². The highest BCUT2D eigenvalue weighted by atomic mass is 32.2. The average molecular weight is 396 g/mol. The van der Waals surface area contributed by atoms with Gasteiger partial charge in [-0.3, -0.25) is 9.52 Å². The second kappa shape index (κ2) is 8.58. The molecule has 0 fully saturated rings. The highest BCUT2D eigenvalue weighted by Crippen LogP contribution is 2.20. The number of para-hydroxylation sites is 2. The van der Waals surface area contributed by atoms with Gasteiger partial charge in [-0.1, -0.05) is 36.4 Å². The Morgan fingerprint density at radius 2 is 1.54 bits per heavy atom. The number of nitrogens with one attached hydrogen (secondary N) is 2. The molecule has 1 amide bonds. The van der Waals surface area contributed by atoms with E-state index in [0.29, 0.717) is 17.1 Å². The smallest absolute Gasteiger partial charge is 0.262 e. The van der Waals surface area contributed by atoms with Crippen LogP contribution in [0.25, 0.3) is 0 Å². The summed E-state index contributed by atoms with van der Waals surface area (Å²) in [4.78, 5) is 12.1. The Bertz CT molecular complexity index is 1050. The van der Waals surface area contributed by atoms with Crippen molar-refractivity contribution >= 4 is 27.3 Å². The molecule has 0 unspecified atom stereocenters. The summed E-state index contributed by atoms with van der Waals surface area (Å²) in [6.45, 7) is 1.69. The van der Waals surface area contributed by atoms with Crippen molar-refractivity contribution in [2.75, 3.05) is 16.6 Å². The maximum Gasteiger partial charge on any atom is 0.262 e. The van der Waals surface area contributed by atoms with E-state index in [4.69, 9.17) is 4.74 Å². The first kappa shape index (κ1) is 19.4. The molecule has 0 atom stereocenters. The first-order chi connectivity index (χ1) is 13.4. The van der Waals surface area contributed by atoms with E-state index in [1.165, 1.54) is 24.3 Å². The number of hydrogen-bond acceptors (Lipinski definition) is 4. The molecule has 0 aliphatic carbocycles. The number of amides is 1.